The molecule has 0 fully saturated rings. The van der Waals surface area contributed by atoms with Gasteiger partial charge in [-0.3, -0.25) is 0 Å². The zero-order chi connectivity index (χ0) is 22.8. The summed E-state index contributed by atoms with van der Waals surface area (Å²) in [7, 11) is 0. The maximum atomic E-state index is 6.29. The molecule has 0 aromatic carbocycles. The minimum atomic E-state index is 0.784. The van der Waals surface area contributed by atoms with Crippen molar-refractivity contribution in [3.8, 4) is 0 Å². The SMILES string of the molecule is CCCCCCCCCCC(CCCCCCCCCC)COCC(CC)CCCC. The van der Waals surface area contributed by atoms with E-state index in [0.29, 0.717) is 0 Å². The molecule has 0 aliphatic rings. The van der Waals surface area contributed by atoms with Crippen molar-refractivity contribution in [2.24, 2.45) is 11.8 Å². The maximum Gasteiger partial charge on any atom is 0.0494 e. The molecule has 0 spiro atoms. The van der Waals surface area contributed by atoms with E-state index in [9.17, 15) is 0 Å². The molecule has 0 N–H and O–H groups in total. The summed E-state index contributed by atoms with van der Waals surface area (Å²) in [6, 6.07) is 0. The number of hydrogen-bond acceptors (Lipinski definition) is 1. The average Bonchev–Trinajstić information content (AvgIpc) is 2.79. The van der Waals surface area contributed by atoms with Crippen molar-refractivity contribution in [3.05, 3.63) is 0 Å². The molecule has 1 atom stereocenters. The number of ether oxygens (including phenoxy) is 1. The van der Waals surface area contributed by atoms with Gasteiger partial charge in [-0.2, -0.15) is 0 Å². The lowest BCUT2D eigenvalue weighted by atomic mass is 9.94. The second-order valence-corrected chi connectivity index (χ2v) is 10.3. The Morgan fingerprint density at radius 3 is 1.16 bits per heavy atom. The smallest absolute Gasteiger partial charge is 0.0494 e. The minimum absolute atomic E-state index is 0.784. The third kappa shape index (κ3) is 22.9. The van der Waals surface area contributed by atoms with Crippen LogP contribution in [0.3, 0.4) is 0 Å². The van der Waals surface area contributed by atoms with Crippen molar-refractivity contribution in [1.29, 1.82) is 0 Å². The van der Waals surface area contributed by atoms with Crippen LogP contribution in [0.1, 0.15) is 169 Å². The van der Waals surface area contributed by atoms with E-state index in [1.165, 1.54) is 141 Å². The molecular weight excluding hydrogens is 376 g/mol. The quantitative estimate of drug-likeness (QED) is 0.122. The van der Waals surface area contributed by atoms with E-state index in [2.05, 4.69) is 27.7 Å². The average molecular weight is 439 g/mol. The lowest BCUT2D eigenvalue weighted by molar-refractivity contribution is 0.0608. The Morgan fingerprint density at radius 2 is 0.742 bits per heavy atom. The van der Waals surface area contributed by atoms with E-state index < -0.39 is 0 Å². The highest BCUT2D eigenvalue weighted by Gasteiger charge is 2.12. The van der Waals surface area contributed by atoms with Gasteiger partial charge in [-0.25, -0.2) is 0 Å². The Hall–Kier alpha value is -0.0400. The first-order valence-electron chi connectivity index (χ1n) is 14.9. The Morgan fingerprint density at radius 1 is 0.387 bits per heavy atom. The molecule has 1 unspecified atom stereocenters. The first-order chi connectivity index (χ1) is 15.3. The molecule has 0 aromatic heterocycles. The first kappa shape index (κ1) is 31.0. The van der Waals surface area contributed by atoms with Gasteiger partial charge in [0.2, 0.25) is 0 Å². The van der Waals surface area contributed by atoms with E-state index in [1.807, 2.05) is 0 Å². The van der Waals surface area contributed by atoms with E-state index in [0.717, 1.165) is 25.0 Å². The van der Waals surface area contributed by atoms with Gasteiger partial charge in [-0.15, -0.1) is 0 Å². The molecule has 0 bridgehead atoms. The fourth-order valence-corrected chi connectivity index (χ4v) is 4.74. The molecule has 1 nitrogen and oxygen atoms in total. The molecular formula is C30H62O. The van der Waals surface area contributed by atoms with Crippen molar-refractivity contribution in [1.82, 2.24) is 0 Å². The van der Waals surface area contributed by atoms with Crippen molar-refractivity contribution in [3.63, 3.8) is 0 Å². The second-order valence-electron chi connectivity index (χ2n) is 10.3. The van der Waals surface area contributed by atoms with Gasteiger partial charge in [0.25, 0.3) is 0 Å². The molecule has 188 valence electrons. The van der Waals surface area contributed by atoms with Crippen molar-refractivity contribution in [2.45, 2.75) is 169 Å². The molecule has 0 aliphatic carbocycles. The van der Waals surface area contributed by atoms with E-state index in [-0.39, 0.29) is 0 Å². The topological polar surface area (TPSA) is 9.23 Å². The largest absolute Gasteiger partial charge is 0.381 e. The van der Waals surface area contributed by atoms with Crippen LogP contribution in [0.4, 0.5) is 0 Å². The third-order valence-corrected chi connectivity index (χ3v) is 7.18. The molecule has 0 saturated heterocycles. The van der Waals surface area contributed by atoms with Crippen LogP contribution in [0.15, 0.2) is 0 Å². The van der Waals surface area contributed by atoms with Crippen LogP contribution in [-0.2, 0) is 4.74 Å². The molecule has 31 heavy (non-hydrogen) atoms. The van der Waals surface area contributed by atoms with Gasteiger partial charge in [-0.1, -0.05) is 150 Å². The number of unbranched alkanes of at least 4 members (excludes halogenated alkanes) is 15. The summed E-state index contributed by atoms with van der Waals surface area (Å²) >= 11 is 0. The third-order valence-electron chi connectivity index (χ3n) is 7.18. The highest BCUT2D eigenvalue weighted by molar-refractivity contribution is 4.62. The first-order valence-corrected chi connectivity index (χ1v) is 14.9. The van der Waals surface area contributed by atoms with Gasteiger partial charge >= 0.3 is 0 Å². The summed E-state index contributed by atoms with van der Waals surface area (Å²) in [6.45, 7) is 11.3. The predicted octanol–water partition coefficient (Wildman–Crippen LogP) is 10.9. The Kier molecular flexibility index (Phi) is 26.2. The standard InChI is InChI=1S/C30H62O/c1-5-9-12-14-16-18-20-22-25-30(26-23-21-19-17-15-13-10-6-2)28-31-27-29(8-4)24-11-7-3/h29-30H,5-28H2,1-4H3. The van der Waals surface area contributed by atoms with Crippen LogP contribution < -0.4 is 0 Å². The summed E-state index contributed by atoms with van der Waals surface area (Å²) in [6.07, 6.45) is 31.0. The summed E-state index contributed by atoms with van der Waals surface area (Å²) < 4.78 is 6.29. The van der Waals surface area contributed by atoms with E-state index >= 15 is 0 Å². The number of hydrogen-bond donors (Lipinski definition) is 0. The van der Waals surface area contributed by atoms with Gasteiger partial charge < -0.3 is 4.74 Å². The summed E-state index contributed by atoms with van der Waals surface area (Å²) in [5.41, 5.74) is 0. The van der Waals surface area contributed by atoms with Crippen LogP contribution in [-0.4, -0.2) is 13.2 Å². The monoisotopic (exact) mass is 438 g/mol. The van der Waals surface area contributed by atoms with Crippen molar-refractivity contribution >= 4 is 0 Å². The Labute approximate surface area is 198 Å². The van der Waals surface area contributed by atoms with Crippen LogP contribution in [0.5, 0.6) is 0 Å². The summed E-state index contributed by atoms with van der Waals surface area (Å²) in [5.74, 6) is 1.59. The molecule has 0 aliphatic heterocycles. The molecule has 0 saturated carbocycles. The van der Waals surface area contributed by atoms with Gasteiger partial charge in [0.05, 0.1) is 0 Å². The fraction of sp³-hybridized carbons (Fsp3) is 1.00. The maximum absolute atomic E-state index is 6.29. The molecule has 0 aromatic rings. The van der Waals surface area contributed by atoms with Gasteiger partial charge in [0.15, 0.2) is 0 Å². The van der Waals surface area contributed by atoms with Crippen LogP contribution in [0.2, 0.25) is 0 Å². The van der Waals surface area contributed by atoms with Crippen LogP contribution >= 0.6 is 0 Å². The zero-order valence-corrected chi connectivity index (χ0v) is 22.5. The van der Waals surface area contributed by atoms with Crippen LogP contribution in [0.25, 0.3) is 0 Å². The Bertz CT molecular complexity index is 294. The van der Waals surface area contributed by atoms with E-state index in [4.69, 9.17) is 4.74 Å². The molecule has 0 radical (unpaired) electrons. The van der Waals surface area contributed by atoms with Gasteiger partial charge in [0, 0.05) is 13.2 Å². The molecule has 0 amide bonds. The predicted molar refractivity (Wildman–Crippen MR) is 142 cm³/mol. The lowest BCUT2D eigenvalue weighted by Crippen LogP contribution is -2.15. The van der Waals surface area contributed by atoms with Crippen molar-refractivity contribution in [2.75, 3.05) is 13.2 Å². The summed E-state index contributed by atoms with van der Waals surface area (Å²) in [5, 5.41) is 0. The Balaban J connectivity index is 4.02. The van der Waals surface area contributed by atoms with E-state index in [1.54, 1.807) is 0 Å². The molecule has 1 heteroatoms. The highest BCUT2D eigenvalue weighted by Crippen LogP contribution is 2.21. The normalized spacial score (nSPS) is 12.7. The van der Waals surface area contributed by atoms with Crippen molar-refractivity contribution < 1.29 is 4.74 Å². The minimum Gasteiger partial charge on any atom is -0.381 e. The molecule has 0 rings (SSSR count). The summed E-state index contributed by atoms with van der Waals surface area (Å²) in [4.78, 5) is 0. The fourth-order valence-electron chi connectivity index (χ4n) is 4.74. The highest BCUT2D eigenvalue weighted by atomic mass is 16.5. The molecule has 0 heterocycles. The lowest BCUT2D eigenvalue weighted by Gasteiger charge is -2.20. The number of rotatable bonds is 26. The van der Waals surface area contributed by atoms with Crippen LogP contribution in [0, 0.1) is 11.8 Å². The zero-order valence-electron chi connectivity index (χ0n) is 22.5. The van der Waals surface area contributed by atoms with Gasteiger partial charge in [0.1, 0.15) is 0 Å². The second kappa shape index (κ2) is 26.2. The van der Waals surface area contributed by atoms with Gasteiger partial charge in [-0.05, 0) is 31.1 Å².